The summed E-state index contributed by atoms with van der Waals surface area (Å²) < 4.78 is 10.2. The van der Waals surface area contributed by atoms with Gasteiger partial charge in [0, 0.05) is 6.42 Å². The number of nitrogens with zero attached hydrogens (tertiary/aromatic N) is 5. The number of rotatable bonds is 7. The van der Waals surface area contributed by atoms with Crippen molar-refractivity contribution in [2.75, 3.05) is 38.7 Å². The van der Waals surface area contributed by atoms with E-state index in [0.29, 0.717) is 18.9 Å². The number of hydrogen-bond donors (Lipinski definition) is 1. The van der Waals surface area contributed by atoms with Gasteiger partial charge in [-0.1, -0.05) is 11.6 Å². The minimum atomic E-state index is -0.905. The number of carbonyl (C=O) groups is 1. The van der Waals surface area contributed by atoms with Crippen molar-refractivity contribution in [2.24, 2.45) is 4.99 Å². The van der Waals surface area contributed by atoms with Gasteiger partial charge in [-0.15, -0.1) is 10.1 Å². The molecule has 26 heavy (non-hydrogen) atoms. The molecule has 12 nitrogen and oxygen atoms in total. The van der Waals surface area contributed by atoms with Crippen LogP contribution in [0.4, 0.5) is 10.5 Å². The van der Waals surface area contributed by atoms with Crippen molar-refractivity contribution in [1.29, 1.82) is 0 Å². The summed E-state index contributed by atoms with van der Waals surface area (Å²) in [4.78, 5) is 39.9. The predicted molar refractivity (Wildman–Crippen MR) is 89.9 cm³/mol. The van der Waals surface area contributed by atoms with E-state index in [1.807, 2.05) is 0 Å². The van der Waals surface area contributed by atoms with Gasteiger partial charge in [-0.3, -0.25) is 4.99 Å². The van der Waals surface area contributed by atoms with E-state index in [1.54, 1.807) is 6.92 Å². The summed E-state index contributed by atoms with van der Waals surface area (Å²) in [6, 6.07) is 0. The number of anilines is 1. The second kappa shape index (κ2) is 8.99. The molecule has 0 aliphatic carbocycles. The number of amides is 1. The Morgan fingerprint density at radius 1 is 1.42 bits per heavy atom. The predicted octanol–water partition coefficient (Wildman–Crippen LogP) is 1.27. The molecule has 0 radical (unpaired) electrons. The molecule has 1 aromatic rings. The fourth-order valence-electron chi connectivity index (χ4n) is 2.05. The van der Waals surface area contributed by atoms with Crippen molar-refractivity contribution in [3.63, 3.8) is 0 Å². The Kier molecular flexibility index (Phi) is 6.72. The summed E-state index contributed by atoms with van der Waals surface area (Å²) in [6.07, 6.45) is -0.468. The van der Waals surface area contributed by atoms with Crippen LogP contribution in [0.1, 0.15) is 12.2 Å². The number of carbonyl (C=O) groups excluding carboxylic acids is 1. The number of ether oxygens (including phenoxy) is 2. The molecule has 0 spiro atoms. The molecule has 1 aliphatic heterocycles. The van der Waals surface area contributed by atoms with Gasteiger partial charge in [-0.25, -0.2) is 14.7 Å². The van der Waals surface area contributed by atoms with Crippen molar-refractivity contribution < 1.29 is 24.2 Å². The monoisotopic (exact) mass is 388 g/mol. The van der Waals surface area contributed by atoms with E-state index in [2.05, 4.69) is 25.1 Å². The number of aliphatic imine (C=N–C) groups is 1. The largest absolute Gasteiger partial charge is 0.479 e. The van der Waals surface area contributed by atoms with Crippen molar-refractivity contribution in [3.8, 4) is 5.88 Å². The van der Waals surface area contributed by atoms with Crippen LogP contribution in [0.5, 0.6) is 5.88 Å². The van der Waals surface area contributed by atoms with Crippen LogP contribution in [0.3, 0.4) is 0 Å². The van der Waals surface area contributed by atoms with Gasteiger partial charge < -0.3 is 19.6 Å². The molecule has 1 N–H and O–H groups in total. The highest BCUT2D eigenvalue weighted by atomic mass is 35.5. The van der Waals surface area contributed by atoms with E-state index in [9.17, 15) is 14.9 Å². The van der Waals surface area contributed by atoms with Crippen LogP contribution in [0.25, 0.3) is 0 Å². The third kappa shape index (κ3) is 5.05. The molecular formula is C13H17ClN6O6. The quantitative estimate of drug-likeness (QED) is 0.316. The fraction of sp³-hybridized carbons (Fsp3) is 0.538. The molecule has 0 saturated carbocycles. The zero-order chi connectivity index (χ0) is 19.1. The molecule has 1 aliphatic rings. The molecular weight excluding hydrogens is 372 g/mol. The number of halogens is 1. The number of hydrogen-bond acceptors (Lipinski definition) is 10. The Hall–Kier alpha value is -2.89. The van der Waals surface area contributed by atoms with Crippen LogP contribution < -0.4 is 10.1 Å². The van der Waals surface area contributed by atoms with E-state index < -0.39 is 11.2 Å². The molecule has 0 aromatic carbocycles. The first kappa shape index (κ1) is 19.4. The minimum Gasteiger partial charge on any atom is -0.479 e. The Morgan fingerprint density at radius 2 is 2.19 bits per heavy atom. The van der Waals surface area contributed by atoms with Crippen molar-refractivity contribution in [1.82, 2.24) is 14.9 Å². The standard InChI is InChI=1S/C13H17ClN6O6/c1-8-16-10(14)9(11(17-8)24-2)18-12-15-4-5-19(12)13(21)25-6-3-7-26-20(22)23/h3-7H2,1-2H3,(H,15,18). The summed E-state index contributed by atoms with van der Waals surface area (Å²) in [7, 11) is 1.43. The summed E-state index contributed by atoms with van der Waals surface area (Å²) in [5, 5.41) is 12.1. The highest BCUT2D eigenvalue weighted by Crippen LogP contribution is 2.29. The molecule has 13 heteroatoms. The van der Waals surface area contributed by atoms with Gasteiger partial charge in [0.05, 0.1) is 33.4 Å². The summed E-state index contributed by atoms with van der Waals surface area (Å²) in [5.41, 5.74) is 0.276. The fourth-order valence-corrected chi connectivity index (χ4v) is 2.30. The Morgan fingerprint density at radius 3 is 2.88 bits per heavy atom. The van der Waals surface area contributed by atoms with E-state index >= 15 is 0 Å². The average Bonchev–Trinajstić information content (AvgIpc) is 3.04. The lowest BCUT2D eigenvalue weighted by molar-refractivity contribution is -0.757. The summed E-state index contributed by atoms with van der Waals surface area (Å²) in [5.74, 6) is 0.852. The first-order valence-corrected chi connectivity index (χ1v) is 7.91. The molecule has 2 rings (SSSR count). The average molecular weight is 389 g/mol. The van der Waals surface area contributed by atoms with Crippen LogP contribution in [0, 0.1) is 17.0 Å². The SMILES string of the molecule is COc1nc(C)nc(Cl)c1NC1=NCCN1C(=O)OCCCO[N+](=O)[O-]. The number of methoxy groups -OCH3 is 1. The lowest BCUT2D eigenvalue weighted by Gasteiger charge is -2.20. The van der Waals surface area contributed by atoms with Gasteiger partial charge in [0.2, 0.25) is 11.8 Å². The third-order valence-electron chi connectivity index (χ3n) is 3.15. The van der Waals surface area contributed by atoms with Crippen molar-refractivity contribution in [2.45, 2.75) is 13.3 Å². The highest BCUT2D eigenvalue weighted by Gasteiger charge is 2.27. The first-order valence-electron chi connectivity index (χ1n) is 7.53. The first-order chi connectivity index (χ1) is 12.4. The second-order valence-electron chi connectivity index (χ2n) is 4.95. The van der Waals surface area contributed by atoms with Gasteiger partial charge in [0.15, 0.2) is 5.15 Å². The van der Waals surface area contributed by atoms with E-state index in [1.165, 1.54) is 12.0 Å². The van der Waals surface area contributed by atoms with Crippen LogP contribution in [-0.4, -0.2) is 65.4 Å². The topological polar surface area (TPSA) is 141 Å². The van der Waals surface area contributed by atoms with Gasteiger partial charge in [-0.2, -0.15) is 4.98 Å². The number of aromatic nitrogens is 2. The Labute approximate surface area is 153 Å². The Bertz CT molecular complexity index is 715. The molecule has 142 valence electrons. The van der Waals surface area contributed by atoms with Crippen molar-refractivity contribution in [3.05, 3.63) is 21.1 Å². The van der Waals surface area contributed by atoms with Crippen LogP contribution in [-0.2, 0) is 9.57 Å². The summed E-state index contributed by atoms with van der Waals surface area (Å²) >= 11 is 6.11. The zero-order valence-electron chi connectivity index (χ0n) is 14.1. The molecule has 1 amide bonds. The third-order valence-corrected chi connectivity index (χ3v) is 3.42. The lowest BCUT2D eigenvalue weighted by Crippen LogP contribution is -2.39. The van der Waals surface area contributed by atoms with E-state index in [4.69, 9.17) is 21.1 Å². The maximum Gasteiger partial charge on any atom is 0.416 e. The van der Waals surface area contributed by atoms with E-state index in [-0.39, 0.29) is 42.3 Å². The molecule has 1 aromatic heterocycles. The van der Waals surface area contributed by atoms with Crippen molar-refractivity contribution >= 4 is 29.3 Å². The molecule has 0 atom stereocenters. The van der Waals surface area contributed by atoms with Crippen LogP contribution in [0.15, 0.2) is 4.99 Å². The molecule has 0 saturated heterocycles. The normalized spacial score (nSPS) is 13.2. The van der Waals surface area contributed by atoms with E-state index in [0.717, 1.165) is 0 Å². The maximum atomic E-state index is 12.1. The zero-order valence-corrected chi connectivity index (χ0v) is 14.9. The number of aryl methyl sites for hydroxylation is 1. The van der Waals surface area contributed by atoms with Gasteiger partial charge in [0.25, 0.3) is 5.09 Å². The van der Waals surface area contributed by atoms with Gasteiger partial charge >= 0.3 is 6.09 Å². The maximum absolute atomic E-state index is 12.1. The molecule has 0 unspecified atom stereocenters. The number of guanidine groups is 1. The molecule has 2 heterocycles. The smallest absolute Gasteiger partial charge is 0.416 e. The van der Waals surface area contributed by atoms with Gasteiger partial charge in [0.1, 0.15) is 11.5 Å². The van der Waals surface area contributed by atoms with Crippen LogP contribution in [0.2, 0.25) is 5.15 Å². The minimum absolute atomic E-state index is 0.0336. The van der Waals surface area contributed by atoms with Crippen LogP contribution >= 0.6 is 11.6 Å². The Balaban J connectivity index is 1.96. The summed E-state index contributed by atoms with van der Waals surface area (Å²) in [6.45, 7) is 2.15. The van der Waals surface area contributed by atoms with Gasteiger partial charge in [-0.05, 0) is 6.92 Å². The second-order valence-corrected chi connectivity index (χ2v) is 5.31. The molecule has 0 bridgehead atoms. The number of nitrogens with one attached hydrogen (secondary N) is 1. The highest BCUT2D eigenvalue weighted by molar-refractivity contribution is 6.33. The lowest BCUT2D eigenvalue weighted by atomic mass is 10.4. The molecule has 0 fully saturated rings.